The minimum Gasteiger partial charge on any atom is -0.366 e. The van der Waals surface area contributed by atoms with E-state index in [9.17, 15) is 18.8 Å². The summed E-state index contributed by atoms with van der Waals surface area (Å²) in [5.41, 5.74) is 5.39. The molecule has 0 atom stereocenters. The zero-order chi connectivity index (χ0) is 15.9. The van der Waals surface area contributed by atoms with E-state index < -0.39 is 17.6 Å². The van der Waals surface area contributed by atoms with Crippen LogP contribution in [0.4, 0.5) is 4.39 Å². The molecule has 4 N–H and O–H groups in total. The molecule has 8 nitrogen and oxygen atoms in total. The number of nitrogens with two attached hydrogens (primary N) is 1. The average molecular weight is 305 g/mol. The molecule has 2 heterocycles. The monoisotopic (exact) mass is 305 g/mol. The first-order chi connectivity index (χ1) is 10.5. The highest BCUT2D eigenvalue weighted by Crippen LogP contribution is 2.19. The normalized spacial score (nSPS) is 15.0. The molecule has 9 heteroatoms. The number of halogens is 1. The summed E-state index contributed by atoms with van der Waals surface area (Å²) >= 11 is 0. The third-order valence-electron chi connectivity index (χ3n) is 3.34. The van der Waals surface area contributed by atoms with Crippen LogP contribution in [0.1, 0.15) is 21.0 Å². The topological polar surface area (TPSA) is 121 Å². The van der Waals surface area contributed by atoms with Crippen LogP contribution in [-0.2, 0) is 4.79 Å². The molecule has 0 saturated carbocycles. The number of aromatic nitrogens is 2. The Labute approximate surface area is 123 Å². The van der Waals surface area contributed by atoms with E-state index in [1.54, 1.807) is 0 Å². The molecule has 1 aromatic carbocycles. The zero-order valence-corrected chi connectivity index (χ0v) is 11.4. The number of carbonyl (C=O) groups is 3. The Morgan fingerprint density at radius 2 is 2.14 bits per heavy atom. The van der Waals surface area contributed by atoms with Crippen LogP contribution in [-0.4, -0.2) is 52.2 Å². The maximum atomic E-state index is 13.5. The number of carbonyl (C=O) groups excluding carboxylic acids is 3. The number of hydrogen-bond acceptors (Lipinski definition) is 4. The van der Waals surface area contributed by atoms with Gasteiger partial charge in [0.2, 0.25) is 5.91 Å². The Balaban J connectivity index is 2.01. The van der Waals surface area contributed by atoms with Crippen molar-refractivity contribution in [2.75, 3.05) is 19.6 Å². The third kappa shape index (κ3) is 2.36. The first kappa shape index (κ1) is 14.0. The molecule has 0 spiro atoms. The Morgan fingerprint density at radius 1 is 1.36 bits per heavy atom. The van der Waals surface area contributed by atoms with Gasteiger partial charge in [-0.1, -0.05) is 0 Å². The zero-order valence-electron chi connectivity index (χ0n) is 11.4. The van der Waals surface area contributed by atoms with Crippen LogP contribution in [0.2, 0.25) is 0 Å². The fourth-order valence-corrected chi connectivity index (χ4v) is 2.33. The van der Waals surface area contributed by atoms with Crippen molar-refractivity contribution in [2.24, 2.45) is 5.73 Å². The van der Waals surface area contributed by atoms with E-state index in [2.05, 4.69) is 15.3 Å². The first-order valence-corrected chi connectivity index (χ1v) is 6.51. The summed E-state index contributed by atoms with van der Waals surface area (Å²) < 4.78 is 13.5. The Morgan fingerprint density at radius 3 is 2.82 bits per heavy atom. The molecule has 1 aromatic heterocycles. The van der Waals surface area contributed by atoms with E-state index in [0.717, 1.165) is 12.1 Å². The molecule has 1 aliphatic heterocycles. The predicted octanol–water partition coefficient (Wildman–Crippen LogP) is -0.627. The van der Waals surface area contributed by atoms with Crippen molar-refractivity contribution >= 4 is 28.8 Å². The maximum Gasteiger partial charge on any atom is 0.290 e. The number of imidazole rings is 1. The molecule has 0 unspecified atom stereocenters. The molecule has 2 aromatic rings. The molecule has 3 amide bonds. The van der Waals surface area contributed by atoms with Gasteiger partial charge in [0, 0.05) is 13.1 Å². The third-order valence-corrected chi connectivity index (χ3v) is 3.34. The number of hydrogen-bond donors (Lipinski definition) is 3. The van der Waals surface area contributed by atoms with Gasteiger partial charge in [0.25, 0.3) is 11.8 Å². The van der Waals surface area contributed by atoms with Gasteiger partial charge in [-0.05, 0) is 12.1 Å². The van der Waals surface area contributed by atoms with Crippen LogP contribution in [0, 0.1) is 5.82 Å². The molecule has 0 radical (unpaired) electrons. The quantitative estimate of drug-likeness (QED) is 0.684. The van der Waals surface area contributed by atoms with Gasteiger partial charge in [0.15, 0.2) is 5.82 Å². The van der Waals surface area contributed by atoms with Crippen molar-refractivity contribution in [1.82, 2.24) is 20.2 Å². The van der Waals surface area contributed by atoms with Gasteiger partial charge in [-0.2, -0.15) is 0 Å². The highest BCUT2D eigenvalue weighted by molar-refractivity contribution is 6.06. The van der Waals surface area contributed by atoms with E-state index in [1.807, 2.05) is 0 Å². The van der Waals surface area contributed by atoms with Gasteiger partial charge >= 0.3 is 0 Å². The fourth-order valence-electron chi connectivity index (χ4n) is 2.33. The van der Waals surface area contributed by atoms with Crippen LogP contribution >= 0.6 is 0 Å². The molecule has 1 saturated heterocycles. The van der Waals surface area contributed by atoms with Crippen LogP contribution in [0.15, 0.2) is 12.1 Å². The number of aromatic amines is 1. The lowest BCUT2D eigenvalue weighted by atomic mass is 10.1. The molecule has 22 heavy (non-hydrogen) atoms. The Bertz CT molecular complexity index is 800. The number of amides is 3. The van der Waals surface area contributed by atoms with Crippen LogP contribution in [0.3, 0.4) is 0 Å². The molecule has 114 valence electrons. The molecule has 0 bridgehead atoms. The van der Waals surface area contributed by atoms with Crippen molar-refractivity contribution in [2.45, 2.75) is 0 Å². The smallest absolute Gasteiger partial charge is 0.290 e. The molecule has 3 rings (SSSR count). The van der Waals surface area contributed by atoms with Gasteiger partial charge in [-0.25, -0.2) is 9.37 Å². The van der Waals surface area contributed by atoms with E-state index in [1.165, 1.54) is 4.90 Å². The highest BCUT2D eigenvalue weighted by atomic mass is 19.1. The number of H-pyrrole nitrogens is 1. The van der Waals surface area contributed by atoms with Crippen molar-refractivity contribution < 1.29 is 18.8 Å². The highest BCUT2D eigenvalue weighted by Gasteiger charge is 2.25. The van der Waals surface area contributed by atoms with E-state index >= 15 is 0 Å². The number of fused-ring (bicyclic) bond motifs is 1. The summed E-state index contributed by atoms with van der Waals surface area (Å²) in [6.07, 6.45) is 0. The molecular formula is C13H12FN5O3. The summed E-state index contributed by atoms with van der Waals surface area (Å²) in [4.78, 5) is 43.0. The summed E-state index contributed by atoms with van der Waals surface area (Å²) in [5, 5.41) is 2.60. The molecule has 0 aliphatic carbocycles. The van der Waals surface area contributed by atoms with Crippen molar-refractivity contribution in [3.05, 3.63) is 29.3 Å². The predicted molar refractivity (Wildman–Crippen MR) is 73.5 cm³/mol. The lowest BCUT2D eigenvalue weighted by Crippen LogP contribution is -2.50. The minimum absolute atomic E-state index is 0.0715. The number of nitrogens with zero attached hydrogens (tertiary/aromatic N) is 2. The summed E-state index contributed by atoms with van der Waals surface area (Å²) in [5.74, 6) is -2.34. The van der Waals surface area contributed by atoms with E-state index in [4.69, 9.17) is 5.73 Å². The van der Waals surface area contributed by atoms with Gasteiger partial charge in [0.05, 0.1) is 11.1 Å². The Hall–Kier alpha value is -2.97. The number of primary amides is 1. The summed E-state index contributed by atoms with van der Waals surface area (Å²) in [6.45, 7) is 0.623. The fraction of sp³-hybridized carbons (Fsp3) is 0.231. The van der Waals surface area contributed by atoms with Gasteiger partial charge < -0.3 is 20.9 Å². The number of rotatable bonds is 2. The summed E-state index contributed by atoms with van der Waals surface area (Å²) in [7, 11) is 0. The van der Waals surface area contributed by atoms with Crippen molar-refractivity contribution in [1.29, 1.82) is 0 Å². The van der Waals surface area contributed by atoms with Crippen LogP contribution in [0.25, 0.3) is 11.0 Å². The molecular weight excluding hydrogens is 293 g/mol. The summed E-state index contributed by atoms with van der Waals surface area (Å²) in [6, 6.07) is 2.09. The van der Waals surface area contributed by atoms with Crippen LogP contribution < -0.4 is 11.1 Å². The second-order valence-corrected chi connectivity index (χ2v) is 4.88. The minimum atomic E-state index is -0.840. The van der Waals surface area contributed by atoms with Crippen LogP contribution in [0.5, 0.6) is 0 Å². The van der Waals surface area contributed by atoms with Crippen molar-refractivity contribution in [3.63, 3.8) is 0 Å². The van der Waals surface area contributed by atoms with Gasteiger partial charge in [-0.3, -0.25) is 14.4 Å². The maximum absolute atomic E-state index is 13.5. The standard InChI is InChI=1S/C13H12FN5O3/c14-6-3-7(11(15)21)10-8(4-6)17-12(18-10)13(22)19-2-1-16-9(20)5-19/h3-4H,1-2,5H2,(H2,15,21)(H,16,20)(H,17,18). The molecule has 1 aliphatic rings. The lowest BCUT2D eigenvalue weighted by molar-refractivity contribution is -0.123. The Kier molecular flexibility index (Phi) is 3.24. The van der Waals surface area contributed by atoms with Crippen molar-refractivity contribution in [3.8, 4) is 0 Å². The van der Waals surface area contributed by atoms with E-state index in [-0.39, 0.29) is 34.9 Å². The second-order valence-electron chi connectivity index (χ2n) is 4.88. The van der Waals surface area contributed by atoms with Gasteiger partial charge in [0.1, 0.15) is 17.9 Å². The number of benzene rings is 1. The number of nitrogens with one attached hydrogen (secondary N) is 2. The largest absolute Gasteiger partial charge is 0.366 e. The van der Waals surface area contributed by atoms with E-state index in [0.29, 0.717) is 13.1 Å². The van der Waals surface area contributed by atoms with Gasteiger partial charge in [-0.15, -0.1) is 0 Å². The molecule has 1 fully saturated rings. The first-order valence-electron chi connectivity index (χ1n) is 6.51. The SMILES string of the molecule is NC(=O)c1cc(F)cc2[nH]c(C(=O)N3CCNC(=O)C3)nc12. The second kappa shape index (κ2) is 5.10. The average Bonchev–Trinajstić information content (AvgIpc) is 2.89. The number of piperazine rings is 1. The lowest BCUT2D eigenvalue weighted by Gasteiger charge is -2.25.